The van der Waals surface area contributed by atoms with Gasteiger partial charge in [-0.15, -0.1) is 0 Å². The number of carbonyl (C=O) groups is 1. The average Bonchev–Trinajstić information content (AvgIpc) is 2.53. The van der Waals surface area contributed by atoms with E-state index >= 15 is 0 Å². The van der Waals surface area contributed by atoms with E-state index in [9.17, 15) is 13.2 Å². The third-order valence-corrected chi connectivity index (χ3v) is 5.22. The highest BCUT2D eigenvalue weighted by Gasteiger charge is 2.21. The molecule has 1 amide bonds. The second-order valence-electron chi connectivity index (χ2n) is 5.52. The van der Waals surface area contributed by atoms with E-state index in [1.54, 1.807) is 17.0 Å². The SMILES string of the molecule is CCCNS(=O)(=O)c1ccc(C(=O)N2CCN(C)CC2)cc1. The summed E-state index contributed by atoms with van der Waals surface area (Å²) in [5.41, 5.74) is 0.527. The summed E-state index contributed by atoms with van der Waals surface area (Å²) >= 11 is 0. The van der Waals surface area contributed by atoms with Crippen molar-refractivity contribution in [3.05, 3.63) is 29.8 Å². The highest BCUT2D eigenvalue weighted by molar-refractivity contribution is 7.89. The number of piperazine rings is 1. The molecule has 122 valence electrons. The largest absolute Gasteiger partial charge is 0.336 e. The Morgan fingerprint density at radius 1 is 1.14 bits per heavy atom. The Balaban J connectivity index is 2.07. The van der Waals surface area contributed by atoms with E-state index in [1.807, 2.05) is 14.0 Å². The molecule has 1 fully saturated rings. The molecule has 2 rings (SSSR count). The zero-order chi connectivity index (χ0) is 16.2. The van der Waals surface area contributed by atoms with Crippen LogP contribution in [0, 0.1) is 0 Å². The summed E-state index contributed by atoms with van der Waals surface area (Å²) < 4.78 is 26.5. The highest BCUT2D eigenvalue weighted by Crippen LogP contribution is 2.13. The third-order valence-electron chi connectivity index (χ3n) is 3.74. The Kier molecular flexibility index (Phi) is 5.55. The van der Waals surface area contributed by atoms with Crippen molar-refractivity contribution < 1.29 is 13.2 Å². The van der Waals surface area contributed by atoms with Crippen LogP contribution in [0.4, 0.5) is 0 Å². The molecule has 0 aliphatic carbocycles. The van der Waals surface area contributed by atoms with Gasteiger partial charge in [-0.05, 0) is 37.7 Å². The lowest BCUT2D eigenvalue weighted by Gasteiger charge is -2.32. The first kappa shape index (κ1) is 16.9. The zero-order valence-electron chi connectivity index (χ0n) is 13.1. The van der Waals surface area contributed by atoms with Gasteiger partial charge in [0.1, 0.15) is 0 Å². The molecule has 1 heterocycles. The summed E-state index contributed by atoms with van der Waals surface area (Å²) in [4.78, 5) is 16.6. The molecule has 6 nitrogen and oxygen atoms in total. The number of likely N-dealkylation sites (N-methyl/N-ethyl adjacent to an activating group) is 1. The molecule has 0 spiro atoms. The molecule has 7 heteroatoms. The van der Waals surface area contributed by atoms with E-state index < -0.39 is 10.0 Å². The number of hydrogen-bond acceptors (Lipinski definition) is 4. The molecule has 1 aromatic carbocycles. The van der Waals surface area contributed by atoms with Crippen molar-refractivity contribution in [2.24, 2.45) is 0 Å². The number of sulfonamides is 1. The number of nitrogens with zero attached hydrogens (tertiary/aromatic N) is 2. The second kappa shape index (κ2) is 7.21. The minimum Gasteiger partial charge on any atom is -0.336 e. The Morgan fingerprint density at radius 3 is 2.27 bits per heavy atom. The minimum absolute atomic E-state index is 0.0430. The lowest BCUT2D eigenvalue weighted by atomic mass is 10.2. The van der Waals surface area contributed by atoms with E-state index in [4.69, 9.17) is 0 Å². The zero-order valence-corrected chi connectivity index (χ0v) is 13.9. The summed E-state index contributed by atoms with van der Waals surface area (Å²) in [6.45, 7) is 5.43. The van der Waals surface area contributed by atoms with Gasteiger partial charge in [0.25, 0.3) is 5.91 Å². The van der Waals surface area contributed by atoms with Crippen LogP contribution in [0.25, 0.3) is 0 Å². The predicted octanol–water partition coefficient (Wildman–Crippen LogP) is 0.763. The van der Waals surface area contributed by atoms with Crippen molar-refractivity contribution in [1.29, 1.82) is 0 Å². The number of rotatable bonds is 5. The van der Waals surface area contributed by atoms with Crippen molar-refractivity contribution in [2.45, 2.75) is 18.2 Å². The van der Waals surface area contributed by atoms with Crippen LogP contribution in [0.1, 0.15) is 23.7 Å². The monoisotopic (exact) mass is 325 g/mol. The molecule has 1 aliphatic rings. The van der Waals surface area contributed by atoms with Gasteiger partial charge in [0.2, 0.25) is 10.0 Å². The van der Waals surface area contributed by atoms with Gasteiger partial charge in [-0.25, -0.2) is 13.1 Å². The van der Waals surface area contributed by atoms with Crippen molar-refractivity contribution >= 4 is 15.9 Å². The summed E-state index contributed by atoms with van der Waals surface area (Å²) in [5, 5.41) is 0. The van der Waals surface area contributed by atoms with E-state index in [2.05, 4.69) is 9.62 Å². The molecule has 22 heavy (non-hydrogen) atoms. The van der Waals surface area contributed by atoms with Crippen LogP contribution < -0.4 is 4.72 Å². The topological polar surface area (TPSA) is 69.7 Å². The van der Waals surface area contributed by atoms with Gasteiger partial charge in [0.05, 0.1) is 4.90 Å². The number of amides is 1. The normalized spacial score (nSPS) is 16.7. The summed E-state index contributed by atoms with van der Waals surface area (Å²) in [7, 11) is -1.45. The van der Waals surface area contributed by atoms with Crippen molar-refractivity contribution in [3.8, 4) is 0 Å². The van der Waals surface area contributed by atoms with Gasteiger partial charge in [-0.3, -0.25) is 4.79 Å². The highest BCUT2D eigenvalue weighted by atomic mass is 32.2. The average molecular weight is 325 g/mol. The molecule has 0 bridgehead atoms. The maximum absolute atomic E-state index is 12.4. The standard InChI is InChI=1S/C15H23N3O3S/c1-3-8-16-22(20,21)14-6-4-13(5-7-14)15(19)18-11-9-17(2)10-12-18/h4-7,16H,3,8-12H2,1-2H3. The van der Waals surface area contributed by atoms with Gasteiger partial charge >= 0.3 is 0 Å². The summed E-state index contributed by atoms with van der Waals surface area (Å²) in [5.74, 6) is -0.0430. The molecule has 1 aromatic rings. The van der Waals surface area contributed by atoms with Crippen molar-refractivity contribution in [3.63, 3.8) is 0 Å². The van der Waals surface area contributed by atoms with Crippen LogP contribution in [0.15, 0.2) is 29.2 Å². The molecular formula is C15H23N3O3S. The van der Waals surface area contributed by atoms with Gasteiger partial charge < -0.3 is 9.80 Å². The van der Waals surface area contributed by atoms with Crippen LogP contribution in [0.5, 0.6) is 0 Å². The number of nitrogens with one attached hydrogen (secondary N) is 1. The van der Waals surface area contributed by atoms with Gasteiger partial charge in [0.15, 0.2) is 0 Å². The van der Waals surface area contributed by atoms with Crippen molar-refractivity contribution in [2.75, 3.05) is 39.8 Å². The number of hydrogen-bond donors (Lipinski definition) is 1. The Bertz CT molecular complexity index is 605. The van der Waals surface area contributed by atoms with E-state index in [1.165, 1.54) is 12.1 Å². The van der Waals surface area contributed by atoms with Crippen LogP contribution in [-0.4, -0.2) is 63.9 Å². The third kappa shape index (κ3) is 4.06. The Morgan fingerprint density at radius 2 is 1.73 bits per heavy atom. The molecule has 1 N–H and O–H groups in total. The first-order valence-electron chi connectivity index (χ1n) is 7.51. The summed E-state index contributed by atoms with van der Waals surface area (Å²) in [6, 6.07) is 6.14. The van der Waals surface area contributed by atoms with Gasteiger partial charge in [0, 0.05) is 38.3 Å². The fourth-order valence-corrected chi connectivity index (χ4v) is 3.42. The lowest BCUT2D eigenvalue weighted by molar-refractivity contribution is 0.0664. The molecular weight excluding hydrogens is 302 g/mol. The van der Waals surface area contributed by atoms with E-state index in [0.29, 0.717) is 25.2 Å². The van der Waals surface area contributed by atoms with E-state index in [0.717, 1.165) is 19.5 Å². The molecule has 0 radical (unpaired) electrons. The molecule has 0 unspecified atom stereocenters. The van der Waals surface area contributed by atoms with E-state index in [-0.39, 0.29) is 10.8 Å². The van der Waals surface area contributed by atoms with Gasteiger partial charge in [-0.2, -0.15) is 0 Å². The fraction of sp³-hybridized carbons (Fsp3) is 0.533. The molecule has 0 atom stereocenters. The van der Waals surface area contributed by atoms with Crippen molar-refractivity contribution in [1.82, 2.24) is 14.5 Å². The fourth-order valence-electron chi connectivity index (χ4n) is 2.29. The van der Waals surface area contributed by atoms with Gasteiger partial charge in [-0.1, -0.05) is 6.92 Å². The maximum Gasteiger partial charge on any atom is 0.253 e. The minimum atomic E-state index is -3.48. The predicted molar refractivity (Wildman–Crippen MR) is 85.3 cm³/mol. The first-order chi connectivity index (χ1) is 10.4. The molecule has 0 aromatic heterocycles. The molecule has 1 aliphatic heterocycles. The molecule has 0 saturated carbocycles. The second-order valence-corrected chi connectivity index (χ2v) is 7.28. The van der Waals surface area contributed by atoms with Crippen LogP contribution >= 0.6 is 0 Å². The van der Waals surface area contributed by atoms with Crippen LogP contribution in [-0.2, 0) is 10.0 Å². The maximum atomic E-state index is 12.4. The Labute approximate surface area is 132 Å². The number of carbonyl (C=O) groups excluding carboxylic acids is 1. The number of benzene rings is 1. The summed E-state index contributed by atoms with van der Waals surface area (Å²) in [6.07, 6.45) is 0.735. The first-order valence-corrected chi connectivity index (χ1v) is 9.00. The quantitative estimate of drug-likeness (QED) is 0.868. The lowest BCUT2D eigenvalue weighted by Crippen LogP contribution is -2.47. The van der Waals surface area contributed by atoms with Crippen LogP contribution in [0.3, 0.4) is 0 Å². The van der Waals surface area contributed by atoms with Crippen LogP contribution in [0.2, 0.25) is 0 Å². The Hall–Kier alpha value is -1.44. The molecule has 1 saturated heterocycles. The smallest absolute Gasteiger partial charge is 0.253 e.